The van der Waals surface area contributed by atoms with Crippen molar-refractivity contribution < 1.29 is 9.18 Å². The molecule has 2 heterocycles. The number of carbonyl (C=O) groups excluding carboxylic acids is 1. The van der Waals surface area contributed by atoms with Crippen LogP contribution < -0.4 is 5.32 Å². The van der Waals surface area contributed by atoms with Gasteiger partial charge in [-0.25, -0.2) is 19.0 Å². The molecule has 140 valence electrons. The molecule has 4 aromatic rings. The van der Waals surface area contributed by atoms with Gasteiger partial charge in [0.2, 0.25) is 5.91 Å². The van der Waals surface area contributed by atoms with Crippen molar-refractivity contribution in [2.24, 2.45) is 0 Å². The quantitative estimate of drug-likeness (QED) is 0.409. The van der Waals surface area contributed by atoms with Gasteiger partial charge in [0.15, 0.2) is 5.65 Å². The van der Waals surface area contributed by atoms with Gasteiger partial charge in [0, 0.05) is 5.69 Å². The van der Waals surface area contributed by atoms with Crippen molar-refractivity contribution in [1.29, 1.82) is 0 Å². The molecular weight excluding hydrogens is 377 g/mol. The van der Waals surface area contributed by atoms with Crippen LogP contribution in [0.1, 0.15) is 6.92 Å². The number of para-hydroxylation sites is 1. The molecule has 0 fully saturated rings. The Balaban J connectivity index is 1.56. The Bertz CT molecular complexity index is 1130. The fourth-order valence-electron chi connectivity index (χ4n) is 2.71. The van der Waals surface area contributed by atoms with E-state index in [0.29, 0.717) is 16.4 Å². The average molecular weight is 393 g/mol. The molecule has 1 amide bonds. The summed E-state index contributed by atoms with van der Waals surface area (Å²) in [5, 5.41) is 8.12. The largest absolute Gasteiger partial charge is 0.325 e. The number of fused-ring (bicyclic) bond motifs is 1. The molecule has 1 unspecified atom stereocenters. The SMILES string of the molecule is CC(Sc1ncnc2c1cnn2-c1ccccc1)C(=O)Nc1cccc(F)c1. The lowest BCUT2D eigenvalue weighted by molar-refractivity contribution is -0.115. The number of anilines is 1. The van der Waals surface area contributed by atoms with Crippen LogP contribution in [0.15, 0.2) is 72.1 Å². The number of benzene rings is 2. The molecule has 0 saturated carbocycles. The molecule has 0 bridgehead atoms. The van der Waals surface area contributed by atoms with Crippen LogP contribution >= 0.6 is 11.8 Å². The highest BCUT2D eigenvalue weighted by Crippen LogP contribution is 2.29. The molecule has 0 spiro atoms. The summed E-state index contributed by atoms with van der Waals surface area (Å²) in [6.45, 7) is 1.77. The number of halogens is 1. The standard InChI is InChI=1S/C20H16FN5OS/c1-13(19(27)25-15-7-5-6-14(21)10-15)28-20-17-11-24-26(18(17)22-12-23-20)16-8-3-2-4-9-16/h2-13H,1H3,(H,25,27). The highest BCUT2D eigenvalue weighted by atomic mass is 32.2. The zero-order valence-electron chi connectivity index (χ0n) is 14.9. The van der Waals surface area contributed by atoms with Crippen LogP contribution in [-0.4, -0.2) is 30.9 Å². The first-order valence-electron chi connectivity index (χ1n) is 8.59. The molecular formula is C20H16FN5OS. The first-order valence-corrected chi connectivity index (χ1v) is 9.47. The van der Waals surface area contributed by atoms with Gasteiger partial charge in [0.25, 0.3) is 0 Å². The summed E-state index contributed by atoms with van der Waals surface area (Å²) in [5.41, 5.74) is 1.98. The van der Waals surface area contributed by atoms with E-state index in [1.807, 2.05) is 30.3 Å². The van der Waals surface area contributed by atoms with Gasteiger partial charge in [0.1, 0.15) is 17.2 Å². The molecule has 0 aliphatic carbocycles. The topological polar surface area (TPSA) is 72.7 Å². The second-order valence-corrected chi connectivity index (χ2v) is 7.40. The number of rotatable bonds is 5. The van der Waals surface area contributed by atoms with Crippen molar-refractivity contribution in [3.63, 3.8) is 0 Å². The third-order valence-electron chi connectivity index (χ3n) is 4.08. The second-order valence-electron chi connectivity index (χ2n) is 6.07. The summed E-state index contributed by atoms with van der Waals surface area (Å²) in [5.74, 6) is -0.637. The summed E-state index contributed by atoms with van der Waals surface area (Å²) in [4.78, 5) is 21.1. The number of aromatic nitrogens is 4. The number of hydrogen-bond donors (Lipinski definition) is 1. The van der Waals surface area contributed by atoms with Crippen LogP contribution in [0.5, 0.6) is 0 Å². The third kappa shape index (κ3) is 3.72. The molecule has 2 aromatic heterocycles. The van der Waals surface area contributed by atoms with Gasteiger partial charge >= 0.3 is 0 Å². The summed E-state index contributed by atoms with van der Waals surface area (Å²) in [6, 6.07) is 15.5. The van der Waals surface area contributed by atoms with Gasteiger partial charge in [-0.2, -0.15) is 5.10 Å². The van der Waals surface area contributed by atoms with Crippen molar-refractivity contribution >= 4 is 34.4 Å². The van der Waals surface area contributed by atoms with E-state index in [9.17, 15) is 9.18 Å². The highest BCUT2D eigenvalue weighted by molar-refractivity contribution is 8.00. The number of thioether (sulfide) groups is 1. The van der Waals surface area contributed by atoms with Crippen molar-refractivity contribution in [3.8, 4) is 5.69 Å². The Kier molecular flexibility index (Phi) is 5.03. The summed E-state index contributed by atoms with van der Waals surface area (Å²) < 4.78 is 15.0. The zero-order valence-corrected chi connectivity index (χ0v) is 15.7. The molecule has 0 aliphatic heterocycles. The van der Waals surface area contributed by atoms with E-state index in [1.54, 1.807) is 29.9 Å². The first-order chi connectivity index (χ1) is 13.6. The van der Waals surface area contributed by atoms with Gasteiger partial charge < -0.3 is 5.32 Å². The zero-order chi connectivity index (χ0) is 19.5. The van der Waals surface area contributed by atoms with E-state index in [1.165, 1.54) is 30.2 Å². The number of nitrogens with zero attached hydrogens (tertiary/aromatic N) is 4. The Morgan fingerprint density at radius 1 is 1.14 bits per heavy atom. The van der Waals surface area contributed by atoms with Crippen LogP contribution in [-0.2, 0) is 4.79 Å². The Hall–Kier alpha value is -3.26. The summed E-state index contributed by atoms with van der Waals surface area (Å²) in [7, 11) is 0. The van der Waals surface area contributed by atoms with Crippen LogP contribution in [0.4, 0.5) is 10.1 Å². The molecule has 4 rings (SSSR count). The normalized spacial score (nSPS) is 12.1. The van der Waals surface area contributed by atoms with Crippen LogP contribution in [0.2, 0.25) is 0 Å². The fourth-order valence-corrected chi connectivity index (χ4v) is 3.59. The summed E-state index contributed by atoms with van der Waals surface area (Å²) in [6.07, 6.45) is 3.16. The van der Waals surface area contributed by atoms with Gasteiger partial charge in [0.05, 0.1) is 22.5 Å². The van der Waals surface area contributed by atoms with Crippen molar-refractivity contribution in [2.75, 3.05) is 5.32 Å². The lowest BCUT2D eigenvalue weighted by atomic mass is 10.3. The number of amides is 1. The van der Waals surface area contributed by atoms with E-state index in [4.69, 9.17) is 0 Å². The predicted molar refractivity (Wildman–Crippen MR) is 107 cm³/mol. The van der Waals surface area contributed by atoms with E-state index in [0.717, 1.165) is 11.1 Å². The molecule has 6 nitrogen and oxygen atoms in total. The molecule has 8 heteroatoms. The Morgan fingerprint density at radius 2 is 1.96 bits per heavy atom. The number of hydrogen-bond acceptors (Lipinski definition) is 5. The molecule has 28 heavy (non-hydrogen) atoms. The Labute approximate surface area is 164 Å². The Morgan fingerprint density at radius 3 is 2.75 bits per heavy atom. The highest BCUT2D eigenvalue weighted by Gasteiger charge is 2.19. The first kappa shape index (κ1) is 18.1. The average Bonchev–Trinajstić information content (AvgIpc) is 3.14. The minimum absolute atomic E-state index is 0.238. The predicted octanol–water partition coefficient (Wildman–Crippen LogP) is 4.07. The van der Waals surface area contributed by atoms with Crippen molar-refractivity contribution in [3.05, 3.63) is 72.9 Å². The second kappa shape index (κ2) is 7.77. The monoisotopic (exact) mass is 393 g/mol. The molecule has 0 radical (unpaired) electrons. The van der Waals surface area contributed by atoms with Gasteiger partial charge in [-0.05, 0) is 37.3 Å². The van der Waals surface area contributed by atoms with Gasteiger partial charge in [-0.15, -0.1) is 0 Å². The van der Waals surface area contributed by atoms with Crippen molar-refractivity contribution in [1.82, 2.24) is 19.7 Å². The molecule has 0 aliphatic rings. The van der Waals surface area contributed by atoms with Gasteiger partial charge in [-0.3, -0.25) is 4.79 Å². The molecule has 0 saturated heterocycles. The van der Waals surface area contributed by atoms with E-state index in [2.05, 4.69) is 20.4 Å². The van der Waals surface area contributed by atoms with Crippen molar-refractivity contribution in [2.45, 2.75) is 17.2 Å². The van der Waals surface area contributed by atoms with E-state index >= 15 is 0 Å². The molecule has 2 aromatic carbocycles. The minimum atomic E-state index is -0.443. The number of nitrogens with one attached hydrogen (secondary N) is 1. The smallest absolute Gasteiger partial charge is 0.237 e. The third-order valence-corrected chi connectivity index (χ3v) is 5.20. The number of carbonyl (C=O) groups is 1. The summed E-state index contributed by atoms with van der Waals surface area (Å²) >= 11 is 1.30. The lowest BCUT2D eigenvalue weighted by Gasteiger charge is -2.12. The molecule has 1 atom stereocenters. The lowest BCUT2D eigenvalue weighted by Crippen LogP contribution is -2.22. The van der Waals surface area contributed by atoms with Crippen LogP contribution in [0, 0.1) is 5.82 Å². The maximum Gasteiger partial charge on any atom is 0.237 e. The fraction of sp³-hybridized carbons (Fsp3) is 0.100. The maximum atomic E-state index is 13.3. The van der Waals surface area contributed by atoms with Crippen LogP contribution in [0.3, 0.4) is 0 Å². The molecule has 1 N–H and O–H groups in total. The van der Waals surface area contributed by atoms with Crippen LogP contribution in [0.25, 0.3) is 16.7 Å². The van der Waals surface area contributed by atoms with E-state index in [-0.39, 0.29) is 5.91 Å². The van der Waals surface area contributed by atoms with Gasteiger partial charge in [-0.1, -0.05) is 36.0 Å². The van der Waals surface area contributed by atoms with E-state index < -0.39 is 11.1 Å². The minimum Gasteiger partial charge on any atom is -0.325 e. The maximum absolute atomic E-state index is 13.3.